The third-order valence-electron chi connectivity index (χ3n) is 4.55. The van der Waals surface area contributed by atoms with Crippen LogP contribution in [0, 0.1) is 5.92 Å². The standard InChI is InChI=1S/C19H32N4.HI/c1-4-20-19(22-16(3)18-11-7-6-8-12-18)21-14-17-10-9-13-23(5-2)15-17;/h6-8,11-12,16-17H,4-5,9-10,13-15H2,1-3H3,(H2,20,21,22);1H. The molecule has 0 saturated carbocycles. The van der Waals surface area contributed by atoms with Crippen LogP contribution in [0.15, 0.2) is 35.3 Å². The number of halogens is 1. The van der Waals surface area contributed by atoms with Gasteiger partial charge in [0.15, 0.2) is 5.96 Å². The Morgan fingerprint density at radius 1 is 1.29 bits per heavy atom. The minimum atomic E-state index is 0. The first-order chi connectivity index (χ1) is 11.2. The lowest BCUT2D eigenvalue weighted by Gasteiger charge is -2.31. The van der Waals surface area contributed by atoms with Crippen LogP contribution < -0.4 is 10.6 Å². The molecule has 4 nitrogen and oxygen atoms in total. The molecule has 2 rings (SSSR count). The fourth-order valence-corrected chi connectivity index (χ4v) is 3.16. The summed E-state index contributed by atoms with van der Waals surface area (Å²) in [5.41, 5.74) is 1.29. The summed E-state index contributed by atoms with van der Waals surface area (Å²) in [7, 11) is 0. The van der Waals surface area contributed by atoms with Gasteiger partial charge in [0.1, 0.15) is 0 Å². The second kappa shape index (κ2) is 11.7. The van der Waals surface area contributed by atoms with Crippen LogP contribution in [0.5, 0.6) is 0 Å². The molecule has 1 saturated heterocycles. The molecule has 0 spiro atoms. The van der Waals surface area contributed by atoms with Crippen LogP contribution in [0.4, 0.5) is 0 Å². The molecule has 24 heavy (non-hydrogen) atoms. The smallest absolute Gasteiger partial charge is 0.191 e. The van der Waals surface area contributed by atoms with Gasteiger partial charge in [0.05, 0.1) is 6.04 Å². The molecule has 0 amide bonds. The number of aliphatic imine (C=N–C) groups is 1. The van der Waals surface area contributed by atoms with Crippen molar-refractivity contribution in [3.63, 3.8) is 0 Å². The van der Waals surface area contributed by atoms with E-state index in [0.29, 0.717) is 5.92 Å². The van der Waals surface area contributed by atoms with Gasteiger partial charge in [-0.3, -0.25) is 4.99 Å². The normalized spacial score (nSPS) is 20.1. The molecule has 0 aliphatic carbocycles. The van der Waals surface area contributed by atoms with Crippen molar-refractivity contribution in [1.29, 1.82) is 0 Å². The number of piperidine rings is 1. The third kappa shape index (κ3) is 6.97. The number of nitrogens with one attached hydrogen (secondary N) is 2. The van der Waals surface area contributed by atoms with E-state index in [1.807, 2.05) is 0 Å². The molecule has 1 aliphatic rings. The molecule has 2 atom stereocenters. The van der Waals surface area contributed by atoms with E-state index in [9.17, 15) is 0 Å². The first kappa shape index (κ1) is 21.2. The Morgan fingerprint density at radius 2 is 2.04 bits per heavy atom. The zero-order valence-electron chi connectivity index (χ0n) is 15.3. The number of hydrogen-bond acceptors (Lipinski definition) is 2. The highest BCUT2D eigenvalue weighted by molar-refractivity contribution is 14.0. The Hall–Kier alpha value is -0.820. The van der Waals surface area contributed by atoms with Crippen molar-refractivity contribution in [1.82, 2.24) is 15.5 Å². The molecule has 2 N–H and O–H groups in total. The van der Waals surface area contributed by atoms with Crippen molar-refractivity contribution >= 4 is 29.9 Å². The van der Waals surface area contributed by atoms with Gasteiger partial charge in [-0.2, -0.15) is 0 Å². The maximum absolute atomic E-state index is 4.84. The zero-order valence-corrected chi connectivity index (χ0v) is 17.6. The zero-order chi connectivity index (χ0) is 16.5. The summed E-state index contributed by atoms with van der Waals surface area (Å²) in [6, 6.07) is 10.8. The Balaban J connectivity index is 0.00000288. The van der Waals surface area contributed by atoms with E-state index in [4.69, 9.17) is 4.99 Å². The monoisotopic (exact) mass is 444 g/mol. The van der Waals surface area contributed by atoms with Gasteiger partial charge in [-0.15, -0.1) is 24.0 Å². The summed E-state index contributed by atoms with van der Waals surface area (Å²) in [4.78, 5) is 7.38. The summed E-state index contributed by atoms with van der Waals surface area (Å²) < 4.78 is 0. The number of likely N-dealkylation sites (tertiary alicyclic amines) is 1. The molecule has 5 heteroatoms. The molecule has 136 valence electrons. The molecule has 1 heterocycles. The van der Waals surface area contributed by atoms with E-state index in [-0.39, 0.29) is 30.0 Å². The predicted molar refractivity (Wildman–Crippen MR) is 114 cm³/mol. The molecule has 2 unspecified atom stereocenters. The van der Waals surface area contributed by atoms with Crippen LogP contribution >= 0.6 is 24.0 Å². The summed E-state index contributed by atoms with van der Waals surface area (Å²) in [6.45, 7) is 11.9. The Kier molecular flexibility index (Phi) is 10.3. The molecule has 1 aromatic carbocycles. The molecule has 1 aromatic rings. The predicted octanol–water partition coefficient (Wildman–Crippen LogP) is 3.65. The first-order valence-corrected chi connectivity index (χ1v) is 9.05. The maximum Gasteiger partial charge on any atom is 0.191 e. The van der Waals surface area contributed by atoms with Crippen molar-refractivity contribution in [2.45, 2.75) is 39.7 Å². The van der Waals surface area contributed by atoms with Gasteiger partial charge in [-0.25, -0.2) is 0 Å². The van der Waals surface area contributed by atoms with E-state index in [0.717, 1.165) is 25.6 Å². The first-order valence-electron chi connectivity index (χ1n) is 9.05. The summed E-state index contributed by atoms with van der Waals surface area (Å²) in [5.74, 6) is 1.61. The lowest BCUT2D eigenvalue weighted by Crippen LogP contribution is -2.40. The minimum absolute atomic E-state index is 0. The molecule has 0 bridgehead atoms. The lowest BCUT2D eigenvalue weighted by molar-refractivity contribution is 0.186. The van der Waals surface area contributed by atoms with Gasteiger partial charge in [0, 0.05) is 19.6 Å². The molecular weight excluding hydrogens is 411 g/mol. The van der Waals surface area contributed by atoms with E-state index >= 15 is 0 Å². The van der Waals surface area contributed by atoms with Crippen LogP contribution in [0.25, 0.3) is 0 Å². The van der Waals surface area contributed by atoms with Gasteiger partial charge in [0.2, 0.25) is 0 Å². The number of benzene rings is 1. The van der Waals surface area contributed by atoms with Gasteiger partial charge in [0.25, 0.3) is 0 Å². The van der Waals surface area contributed by atoms with Gasteiger partial charge >= 0.3 is 0 Å². The second-order valence-corrected chi connectivity index (χ2v) is 6.40. The highest BCUT2D eigenvalue weighted by Gasteiger charge is 2.18. The maximum atomic E-state index is 4.84. The quantitative estimate of drug-likeness (QED) is 0.400. The highest BCUT2D eigenvalue weighted by Crippen LogP contribution is 2.16. The minimum Gasteiger partial charge on any atom is -0.357 e. The largest absolute Gasteiger partial charge is 0.357 e. The Labute approximate surface area is 164 Å². The van der Waals surface area contributed by atoms with Crippen molar-refractivity contribution in [3.05, 3.63) is 35.9 Å². The van der Waals surface area contributed by atoms with E-state index in [1.165, 1.54) is 31.5 Å². The molecule has 1 fully saturated rings. The van der Waals surface area contributed by atoms with Crippen LogP contribution in [0.2, 0.25) is 0 Å². The highest BCUT2D eigenvalue weighted by atomic mass is 127. The average Bonchev–Trinajstić information content (AvgIpc) is 2.60. The average molecular weight is 444 g/mol. The van der Waals surface area contributed by atoms with Crippen molar-refractivity contribution in [2.24, 2.45) is 10.9 Å². The number of guanidine groups is 1. The topological polar surface area (TPSA) is 39.7 Å². The third-order valence-corrected chi connectivity index (χ3v) is 4.55. The molecular formula is C19H33IN4. The second-order valence-electron chi connectivity index (χ2n) is 6.40. The van der Waals surface area contributed by atoms with Crippen molar-refractivity contribution in [2.75, 3.05) is 32.7 Å². The van der Waals surface area contributed by atoms with Crippen molar-refractivity contribution in [3.8, 4) is 0 Å². The van der Waals surface area contributed by atoms with Gasteiger partial charge in [-0.05, 0) is 51.3 Å². The fraction of sp³-hybridized carbons (Fsp3) is 0.632. The van der Waals surface area contributed by atoms with E-state index in [1.54, 1.807) is 0 Å². The van der Waals surface area contributed by atoms with Crippen LogP contribution in [0.3, 0.4) is 0 Å². The van der Waals surface area contributed by atoms with Crippen molar-refractivity contribution < 1.29 is 0 Å². The Bertz CT molecular complexity index is 478. The lowest BCUT2D eigenvalue weighted by atomic mass is 9.98. The van der Waals surface area contributed by atoms with Gasteiger partial charge < -0.3 is 15.5 Å². The Morgan fingerprint density at radius 3 is 2.71 bits per heavy atom. The molecule has 0 radical (unpaired) electrons. The summed E-state index contributed by atoms with van der Waals surface area (Å²) in [6.07, 6.45) is 2.60. The van der Waals surface area contributed by atoms with Crippen LogP contribution in [-0.4, -0.2) is 43.6 Å². The molecule has 1 aliphatic heterocycles. The van der Waals surface area contributed by atoms with E-state index < -0.39 is 0 Å². The van der Waals surface area contributed by atoms with Crippen LogP contribution in [-0.2, 0) is 0 Å². The number of nitrogens with zero attached hydrogens (tertiary/aromatic N) is 2. The summed E-state index contributed by atoms with van der Waals surface area (Å²) in [5, 5.41) is 6.90. The number of hydrogen-bond donors (Lipinski definition) is 2. The van der Waals surface area contributed by atoms with Crippen LogP contribution in [0.1, 0.15) is 45.2 Å². The summed E-state index contributed by atoms with van der Waals surface area (Å²) >= 11 is 0. The van der Waals surface area contributed by atoms with Gasteiger partial charge in [-0.1, -0.05) is 37.3 Å². The van der Waals surface area contributed by atoms with E-state index in [2.05, 4.69) is 66.6 Å². The SMILES string of the molecule is CCNC(=NCC1CCCN(CC)C1)NC(C)c1ccccc1.I. The number of rotatable bonds is 6. The molecule has 0 aromatic heterocycles. The fourth-order valence-electron chi connectivity index (χ4n) is 3.16.